The van der Waals surface area contributed by atoms with E-state index in [2.05, 4.69) is 4.98 Å². The lowest BCUT2D eigenvalue weighted by atomic mass is 10.1. The van der Waals surface area contributed by atoms with E-state index in [1.807, 2.05) is 30.3 Å². The van der Waals surface area contributed by atoms with Crippen LogP contribution in [0.5, 0.6) is 5.75 Å². The lowest BCUT2D eigenvalue weighted by Gasteiger charge is -2.12. The Morgan fingerprint density at radius 1 is 1.17 bits per heavy atom. The summed E-state index contributed by atoms with van der Waals surface area (Å²) in [7, 11) is 1.30. The number of carbonyl (C=O) groups excluding carboxylic acids is 1. The van der Waals surface area contributed by atoms with E-state index < -0.39 is 11.8 Å². The largest absolute Gasteiger partial charge is 0.492 e. The lowest BCUT2D eigenvalue weighted by molar-refractivity contribution is 0.0503. The number of hydrogen-bond donors (Lipinski definition) is 1. The monoisotopic (exact) mass is 434 g/mol. The predicted octanol–water partition coefficient (Wildman–Crippen LogP) is 5.18. The van der Waals surface area contributed by atoms with E-state index in [-0.39, 0.29) is 45.0 Å². The van der Waals surface area contributed by atoms with Crippen LogP contribution in [0.25, 0.3) is 11.3 Å². The van der Waals surface area contributed by atoms with E-state index in [1.165, 1.54) is 25.3 Å². The summed E-state index contributed by atoms with van der Waals surface area (Å²) >= 11 is 12.1. The Balaban J connectivity index is 1.87. The summed E-state index contributed by atoms with van der Waals surface area (Å²) in [4.78, 5) is 16.7. The highest BCUT2D eigenvalue weighted by atomic mass is 35.5. The third kappa shape index (κ3) is 4.60. The van der Waals surface area contributed by atoms with Crippen LogP contribution < -0.4 is 10.5 Å². The summed E-state index contributed by atoms with van der Waals surface area (Å²) in [5.41, 5.74) is 6.97. The van der Waals surface area contributed by atoms with Crippen LogP contribution in [0.4, 0.5) is 10.1 Å². The molecule has 0 aliphatic carbocycles. The van der Waals surface area contributed by atoms with Gasteiger partial charge in [0.2, 0.25) is 0 Å². The Kier molecular flexibility index (Phi) is 6.56. The van der Waals surface area contributed by atoms with Gasteiger partial charge in [0, 0.05) is 12.0 Å². The molecule has 2 aromatic carbocycles. The van der Waals surface area contributed by atoms with Gasteiger partial charge >= 0.3 is 5.97 Å². The van der Waals surface area contributed by atoms with Crippen molar-refractivity contribution in [2.24, 2.45) is 0 Å². The smallest absolute Gasteiger partial charge is 0.358 e. The molecule has 0 radical (unpaired) electrons. The first-order valence-corrected chi connectivity index (χ1v) is 9.37. The maximum Gasteiger partial charge on any atom is 0.358 e. The fourth-order valence-corrected chi connectivity index (χ4v) is 3.11. The number of nitrogens with zero attached hydrogens (tertiary/aromatic N) is 1. The van der Waals surface area contributed by atoms with E-state index in [0.29, 0.717) is 6.42 Å². The number of aromatic nitrogens is 1. The van der Waals surface area contributed by atoms with Gasteiger partial charge in [0.25, 0.3) is 0 Å². The highest BCUT2D eigenvalue weighted by Gasteiger charge is 2.21. The van der Waals surface area contributed by atoms with Crippen molar-refractivity contribution >= 4 is 34.9 Å². The highest BCUT2D eigenvalue weighted by molar-refractivity contribution is 6.35. The maximum atomic E-state index is 14.7. The van der Waals surface area contributed by atoms with Gasteiger partial charge in [-0.15, -0.1) is 0 Å². The minimum atomic E-state index is -0.749. The molecule has 0 saturated carbocycles. The number of nitrogens with two attached hydrogens (primary N) is 1. The summed E-state index contributed by atoms with van der Waals surface area (Å²) in [6.45, 7) is 0.133. The zero-order valence-corrected chi connectivity index (χ0v) is 16.9. The molecule has 5 nitrogen and oxygen atoms in total. The van der Waals surface area contributed by atoms with Gasteiger partial charge in [-0.2, -0.15) is 0 Å². The summed E-state index contributed by atoms with van der Waals surface area (Å²) in [5.74, 6) is -1.61. The number of rotatable bonds is 6. The first-order chi connectivity index (χ1) is 13.9. The summed E-state index contributed by atoms with van der Waals surface area (Å²) in [6.07, 6.45) is 0.530. The number of benzene rings is 2. The molecule has 2 N–H and O–H groups in total. The molecule has 1 heterocycles. The molecule has 29 heavy (non-hydrogen) atoms. The summed E-state index contributed by atoms with van der Waals surface area (Å²) in [5, 5.41) is 0.0519. The molecule has 0 fully saturated rings. The summed E-state index contributed by atoms with van der Waals surface area (Å²) in [6, 6.07) is 13.8. The number of ether oxygens (including phenoxy) is 2. The van der Waals surface area contributed by atoms with Crippen LogP contribution in [0, 0.1) is 5.82 Å². The Morgan fingerprint density at radius 3 is 2.59 bits per heavy atom. The van der Waals surface area contributed by atoms with Crippen molar-refractivity contribution in [1.29, 1.82) is 0 Å². The predicted molar refractivity (Wildman–Crippen MR) is 111 cm³/mol. The van der Waals surface area contributed by atoms with Gasteiger partial charge in [-0.25, -0.2) is 14.2 Å². The van der Waals surface area contributed by atoms with E-state index in [1.54, 1.807) is 0 Å². The number of esters is 1. The summed E-state index contributed by atoms with van der Waals surface area (Å²) < 4.78 is 25.0. The molecule has 0 saturated heterocycles. The number of methoxy groups -OCH3 is 1. The zero-order valence-electron chi connectivity index (χ0n) is 15.4. The van der Waals surface area contributed by atoms with Crippen LogP contribution in [-0.2, 0) is 11.2 Å². The van der Waals surface area contributed by atoms with Crippen LogP contribution in [0.2, 0.25) is 10.0 Å². The first-order valence-electron chi connectivity index (χ1n) is 8.61. The fraction of sp³-hybridized carbons (Fsp3) is 0.143. The van der Waals surface area contributed by atoms with Crippen LogP contribution in [-0.4, -0.2) is 24.7 Å². The molecule has 1 aromatic heterocycles. The molecular formula is C21H17Cl2FN2O3. The first kappa shape index (κ1) is 20.9. The van der Waals surface area contributed by atoms with Crippen molar-refractivity contribution in [3.05, 3.63) is 75.7 Å². The third-order valence-electron chi connectivity index (χ3n) is 4.18. The SMILES string of the molecule is COc1c(Cl)ccc(-c2cc(N)c(Cl)c(C(=O)OCCc3ccccc3)n2)c1F. The Morgan fingerprint density at radius 2 is 1.90 bits per heavy atom. The van der Waals surface area contributed by atoms with Gasteiger partial charge in [-0.1, -0.05) is 53.5 Å². The molecule has 0 spiro atoms. The minimum Gasteiger partial charge on any atom is -0.492 e. The molecule has 150 valence electrons. The van der Waals surface area contributed by atoms with Crippen molar-refractivity contribution < 1.29 is 18.7 Å². The number of pyridine rings is 1. The van der Waals surface area contributed by atoms with Crippen LogP contribution in [0.15, 0.2) is 48.5 Å². The number of hydrogen-bond acceptors (Lipinski definition) is 5. The maximum absolute atomic E-state index is 14.7. The normalized spacial score (nSPS) is 10.6. The molecular weight excluding hydrogens is 418 g/mol. The van der Waals surface area contributed by atoms with Gasteiger partial charge in [-0.3, -0.25) is 0 Å². The van der Waals surface area contributed by atoms with E-state index in [9.17, 15) is 9.18 Å². The van der Waals surface area contributed by atoms with Crippen molar-refractivity contribution in [3.8, 4) is 17.0 Å². The van der Waals surface area contributed by atoms with Crippen LogP contribution in [0.1, 0.15) is 16.1 Å². The standard InChI is InChI=1S/C21H17Cl2FN2O3/c1-28-20-14(22)8-7-13(18(20)24)16-11-15(25)17(23)19(26-16)21(27)29-10-9-12-5-3-2-4-6-12/h2-8,11H,9-10H2,1H3,(H2,25,26). The highest BCUT2D eigenvalue weighted by Crippen LogP contribution is 2.36. The minimum absolute atomic E-state index is 0.0557. The molecule has 0 unspecified atom stereocenters. The molecule has 3 rings (SSSR count). The number of anilines is 1. The van der Waals surface area contributed by atoms with Crippen molar-refractivity contribution in [2.75, 3.05) is 19.5 Å². The molecule has 0 bridgehead atoms. The Labute approximate surface area is 177 Å². The van der Waals surface area contributed by atoms with E-state index in [4.69, 9.17) is 38.4 Å². The lowest BCUT2D eigenvalue weighted by Crippen LogP contribution is -2.12. The average molecular weight is 435 g/mol. The topological polar surface area (TPSA) is 74.4 Å². The fourth-order valence-electron chi connectivity index (χ4n) is 2.71. The van der Waals surface area contributed by atoms with Crippen molar-refractivity contribution in [1.82, 2.24) is 4.98 Å². The molecule has 0 aliphatic rings. The number of halogens is 3. The molecule has 3 aromatic rings. The number of carbonyl (C=O) groups is 1. The van der Waals surface area contributed by atoms with Crippen LogP contribution >= 0.6 is 23.2 Å². The van der Waals surface area contributed by atoms with Crippen molar-refractivity contribution in [3.63, 3.8) is 0 Å². The second kappa shape index (κ2) is 9.11. The van der Waals surface area contributed by atoms with E-state index in [0.717, 1.165) is 5.56 Å². The Bertz CT molecular complexity index is 1050. The average Bonchev–Trinajstić information content (AvgIpc) is 2.71. The van der Waals surface area contributed by atoms with Gasteiger partial charge in [0.15, 0.2) is 17.3 Å². The molecule has 0 amide bonds. The number of nitrogen functional groups attached to an aromatic ring is 1. The third-order valence-corrected chi connectivity index (χ3v) is 4.87. The molecule has 0 atom stereocenters. The van der Waals surface area contributed by atoms with Crippen LogP contribution in [0.3, 0.4) is 0 Å². The van der Waals surface area contributed by atoms with Gasteiger partial charge < -0.3 is 15.2 Å². The van der Waals surface area contributed by atoms with E-state index >= 15 is 0 Å². The Hall–Kier alpha value is -2.83. The van der Waals surface area contributed by atoms with Crippen molar-refractivity contribution in [2.45, 2.75) is 6.42 Å². The zero-order chi connectivity index (χ0) is 21.0. The molecule has 8 heteroatoms. The quantitative estimate of drug-likeness (QED) is 0.540. The van der Waals surface area contributed by atoms with Gasteiger partial charge in [-0.05, 0) is 23.8 Å². The molecule has 0 aliphatic heterocycles. The second-order valence-electron chi connectivity index (χ2n) is 6.07. The van der Waals surface area contributed by atoms with Gasteiger partial charge in [0.05, 0.1) is 35.1 Å². The second-order valence-corrected chi connectivity index (χ2v) is 6.86. The van der Waals surface area contributed by atoms with Gasteiger partial charge in [0.1, 0.15) is 0 Å².